The van der Waals surface area contributed by atoms with Gasteiger partial charge in [0.2, 0.25) is 0 Å². The summed E-state index contributed by atoms with van der Waals surface area (Å²) in [4.78, 5) is 2.55. The Morgan fingerprint density at radius 2 is 1.78 bits per heavy atom. The van der Waals surface area contributed by atoms with E-state index in [2.05, 4.69) is 37.8 Å². The van der Waals surface area contributed by atoms with Gasteiger partial charge in [0.05, 0.1) is 0 Å². The topological polar surface area (TPSA) is 29.3 Å². The molecule has 0 aliphatic rings. The highest BCUT2D eigenvalue weighted by Crippen LogP contribution is 2.14. The third-order valence-corrected chi connectivity index (χ3v) is 3.87. The number of hydrogen-bond donors (Lipinski definition) is 1. The lowest BCUT2D eigenvalue weighted by Gasteiger charge is -2.25. The highest BCUT2D eigenvalue weighted by Gasteiger charge is 2.10. The molecule has 0 radical (unpaired) electrons. The second-order valence-electron chi connectivity index (χ2n) is 5.02. The monoisotopic (exact) mass is 248 g/mol. The van der Waals surface area contributed by atoms with Crippen LogP contribution in [0.5, 0.6) is 0 Å². The molecule has 0 aliphatic carbocycles. The molecule has 2 N–H and O–H groups in total. The van der Waals surface area contributed by atoms with E-state index < -0.39 is 0 Å². The van der Waals surface area contributed by atoms with Crippen molar-refractivity contribution in [1.82, 2.24) is 4.90 Å². The summed E-state index contributed by atoms with van der Waals surface area (Å²) < 4.78 is 0. The average Bonchev–Trinajstić information content (AvgIpc) is 2.41. The van der Waals surface area contributed by atoms with Crippen LogP contribution in [-0.2, 0) is 6.42 Å². The first-order valence-electron chi connectivity index (χ1n) is 7.26. The fraction of sp³-hybridized carbons (Fsp3) is 0.625. The van der Waals surface area contributed by atoms with E-state index in [4.69, 9.17) is 5.73 Å². The number of likely N-dealkylation sites (N-methyl/N-ethyl adjacent to an activating group) is 1. The molecule has 0 unspecified atom stereocenters. The lowest BCUT2D eigenvalue weighted by atomic mass is 10.0. The van der Waals surface area contributed by atoms with E-state index in [9.17, 15) is 0 Å². The Bertz CT molecular complexity index is 332. The first-order valence-corrected chi connectivity index (χ1v) is 7.26. The fourth-order valence-electron chi connectivity index (χ4n) is 2.33. The number of anilines is 1. The molecule has 0 bridgehead atoms. The van der Waals surface area contributed by atoms with Crippen molar-refractivity contribution in [3.8, 4) is 0 Å². The van der Waals surface area contributed by atoms with Crippen LogP contribution in [0, 0.1) is 5.92 Å². The van der Waals surface area contributed by atoms with E-state index >= 15 is 0 Å². The van der Waals surface area contributed by atoms with Gasteiger partial charge in [-0.1, -0.05) is 51.8 Å². The molecule has 2 heteroatoms. The summed E-state index contributed by atoms with van der Waals surface area (Å²) >= 11 is 0. The predicted molar refractivity (Wildman–Crippen MR) is 80.7 cm³/mol. The predicted octanol–water partition coefficient (Wildman–Crippen LogP) is 3.57. The fourth-order valence-corrected chi connectivity index (χ4v) is 2.33. The number of hydrogen-bond acceptors (Lipinski definition) is 2. The smallest absolute Gasteiger partial charge is 0.0347 e. The molecule has 0 saturated heterocycles. The Hall–Kier alpha value is -1.02. The third-order valence-electron chi connectivity index (χ3n) is 3.87. The van der Waals surface area contributed by atoms with Gasteiger partial charge in [0.1, 0.15) is 0 Å². The van der Waals surface area contributed by atoms with Crippen LogP contribution in [0.25, 0.3) is 0 Å². The van der Waals surface area contributed by atoms with E-state index in [0.29, 0.717) is 0 Å². The van der Waals surface area contributed by atoms with Gasteiger partial charge in [-0.15, -0.1) is 0 Å². The largest absolute Gasteiger partial charge is 0.399 e. The van der Waals surface area contributed by atoms with E-state index in [-0.39, 0.29) is 0 Å². The normalized spacial score (nSPS) is 11.4. The molecule has 0 fully saturated rings. The van der Waals surface area contributed by atoms with Crippen molar-refractivity contribution >= 4 is 5.69 Å². The Labute approximate surface area is 112 Å². The van der Waals surface area contributed by atoms with Crippen LogP contribution in [0.2, 0.25) is 0 Å². The minimum atomic E-state index is 0.832. The van der Waals surface area contributed by atoms with Gasteiger partial charge in [0, 0.05) is 18.8 Å². The lowest BCUT2D eigenvalue weighted by Crippen LogP contribution is -2.31. The Balaban J connectivity index is 2.47. The van der Waals surface area contributed by atoms with E-state index in [1.165, 1.54) is 24.9 Å². The first kappa shape index (κ1) is 15.0. The molecule has 1 aromatic rings. The average molecular weight is 248 g/mol. The Kier molecular flexibility index (Phi) is 6.81. The van der Waals surface area contributed by atoms with Crippen molar-refractivity contribution in [2.24, 2.45) is 5.92 Å². The summed E-state index contributed by atoms with van der Waals surface area (Å²) in [6.07, 6.45) is 3.61. The number of nitrogen functional groups attached to an aromatic ring is 1. The molecule has 102 valence electrons. The zero-order chi connectivity index (χ0) is 13.4. The van der Waals surface area contributed by atoms with Gasteiger partial charge in [0.25, 0.3) is 0 Å². The summed E-state index contributed by atoms with van der Waals surface area (Å²) in [7, 11) is 0. The molecule has 0 aliphatic heterocycles. The van der Waals surface area contributed by atoms with Gasteiger partial charge in [-0.05, 0) is 30.5 Å². The van der Waals surface area contributed by atoms with Crippen LogP contribution in [0.4, 0.5) is 5.69 Å². The summed E-state index contributed by atoms with van der Waals surface area (Å²) in [5, 5.41) is 0. The van der Waals surface area contributed by atoms with Gasteiger partial charge >= 0.3 is 0 Å². The molecular formula is C16H28N2. The molecule has 0 aromatic heterocycles. The number of para-hydroxylation sites is 1. The molecule has 0 amide bonds. The maximum atomic E-state index is 5.98. The molecule has 0 saturated carbocycles. The first-order chi connectivity index (χ1) is 8.71. The van der Waals surface area contributed by atoms with Crippen molar-refractivity contribution in [3.05, 3.63) is 29.8 Å². The van der Waals surface area contributed by atoms with Crippen LogP contribution >= 0.6 is 0 Å². The summed E-state index contributed by atoms with van der Waals surface area (Å²) in [6, 6.07) is 8.20. The second-order valence-corrected chi connectivity index (χ2v) is 5.02. The highest BCUT2D eigenvalue weighted by atomic mass is 15.1. The van der Waals surface area contributed by atoms with Gasteiger partial charge in [0.15, 0.2) is 0 Å². The van der Waals surface area contributed by atoms with Crippen molar-refractivity contribution in [2.45, 2.75) is 40.0 Å². The molecule has 0 heterocycles. The Morgan fingerprint density at radius 3 is 2.33 bits per heavy atom. The molecule has 0 atom stereocenters. The number of nitrogens with two attached hydrogens (primary N) is 1. The number of nitrogens with zero attached hydrogens (tertiary/aromatic N) is 1. The zero-order valence-corrected chi connectivity index (χ0v) is 12.2. The zero-order valence-electron chi connectivity index (χ0n) is 12.2. The minimum Gasteiger partial charge on any atom is -0.399 e. The van der Waals surface area contributed by atoms with Crippen LogP contribution < -0.4 is 5.73 Å². The number of benzene rings is 1. The van der Waals surface area contributed by atoms with Gasteiger partial charge < -0.3 is 10.6 Å². The molecule has 1 rings (SSSR count). The van der Waals surface area contributed by atoms with Crippen LogP contribution in [0.1, 0.15) is 39.2 Å². The van der Waals surface area contributed by atoms with Crippen LogP contribution in [0.3, 0.4) is 0 Å². The highest BCUT2D eigenvalue weighted by molar-refractivity contribution is 5.46. The molecule has 0 spiro atoms. The molecule has 1 aromatic carbocycles. The SMILES string of the molecule is CCC(CC)CN(CC)CCc1ccccc1N. The third kappa shape index (κ3) is 4.69. The van der Waals surface area contributed by atoms with Crippen molar-refractivity contribution in [1.29, 1.82) is 0 Å². The number of rotatable bonds is 8. The Morgan fingerprint density at radius 1 is 1.11 bits per heavy atom. The van der Waals surface area contributed by atoms with E-state index in [1.807, 2.05) is 12.1 Å². The standard InChI is InChI=1S/C16H28N2/c1-4-14(5-2)13-18(6-3)12-11-15-9-7-8-10-16(15)17/h7-10,14H,4-6,11-13,17H2,1-3H3. The molecule has 18 heavy (non-hydrogen) atoms. The van der Waals surface area contributed by atoms with Gasteiger partial charge in [-0.25, -0.2) is 0 Å². The summed E-state index contributed by atoms with van der Waals surface area (Å²) in [5.41, 5.74) is 8.19. The summed E-state index contributed by atoms with van der Waals surface area (Å²) in [5.74, 6) is 0.832. The van der Waals surface area contributed by atoms with E-state index in [1.54, 1.807) is 0 Å². The molecule has 2 nitrogen and oxygen atoms in total. The van der Waals surface area contributed by atoms with Crippen LogP contribution in [-0.4, -0.2) is 24.5 Å². The lowest BCUT2D eigenvalue weighted by molar-refractivity contribution is 0.236. The molecular weight excluding hydrogens is 220 g/mol. The van der Waals surface area contributed by atoms with Crippen molar-refractivity contribution < 1.29 is 0 Å². The van der Waals surface area contributed by atoms with Gasteiger partial charge in [-0.3, -0.25) is 0 Å². The maximum Gasteiger partial charge on any atom is 0.0347 e. The van der Waals surface area contributed by atoms with Crippen molar-refractivity contribution in [2.75, 3.05) is 25.4 Å². The van der Waals surface area contributed by atoms with Crippen LogP contribution in [0.15, 0.2) is 24.3 Å². The second kappa shape index (κ2) is 8.15. The van der Waals surface area contributed by atoms with E-state index in [0.717, 1.165) is 31.1 Å². The van der Waals surface area contributed by atoms with Gasteiger partial charge in [-0.2, -0.15) is 0 Å². The minimum absolute atomic E-state index is 0.832. The summed E-state index contributed by atoms with van der Waals surface area (Å²) in [6.45, 7) is 10.3. The van der Waals surface area contributed by atoms with Crippen molar-refractivity contribution in [3.63, 3.8) is 0 Å². The quantitative estimate of drug-likeness (QED) is 0.713. The maximum absolute atomic E-state index is 5.98.